The maximum absolute atomic E-state index is 12.3. The number of para-hydroxylation sites is 1. The van der Waals surface area contributed by atoms with Crippen molar-refractivity contribution in [2.24, 2.45) is 0 Å². The van der Waals surface area contributed by atoms with Gasteiger partial charge >= 0.3 is 0 Å². The fourth-order valence-corrected chi connectivity index (χ4v) is 2.98. The molecule has 0 unspecified atom stereocenters. The first-order valence-electron chi connectivity index (χ1n) is 8.20. The molecule has 136 valence electrons. The van der Waals surface area contributed by atoms with Crippen molar-refractivity contribution in [3.05, 3.63) is 52.5 Å². The average Bonchev–Trinajstić information content (AvgIpc) is 3.09. The second-order valence-electron chi connectivity index (χ2n) is 5.97. The van der Waals surface area contributed by atoms with Crippen LogP contribution in [0.2, 0.25) is 0 Å². The van der Waals surface area contributed by atoms with Gasteiger partial charge in [0.15, 0.2) is 11.5 Å². The SMILES string of the molecule is CN(CC(=O)Nc1ccccc1Br)C(=O)CCc1ccc2c(c1)OCO2. The minimum Gasteiger partial charge on any atom is -0.454 e. The molecule has 1 N–H and O–H groups in total. The Morgan fingerprint density at radius 2 is 1.92 bits per heavy atom. The Balaban J connectivity index is 1.48. The number of aryl methyl sites for hydroxylation is 1. The van der Waals surface area contributed by atoms with Gasteiger partial charge in [0.25, 0.3) is 0 Å². The van der Waals surface area contributed by atoms with Crippen molar-refractivity contribution < 1.29 is 19.1 Å². The van der Waals surface area contributed by atoms with Gasteiger partial charge < -0.3 is 19.7 Å². The van der Waals surface area contributed by atoms with E-state index >= 15 is 0 Å². The summed E-state index contributed by atoms with van der Waals surface area (Å²) in [5.74, 6) is 1.10. The number of amides is 2. The van der Waals surface area contributed by atoms with Gasteiger partial charge in [0.05, 0.1) is 12.2 Å². The van der Waals surface area contributed by atoms with Crippen LogP contribution in [-0.2, 0) is 16.0 Å². The molecule has 1 aliphatic rings. The second-order valence-corrected chi connectivity index (χ2v) is 6.82. The van der Waals surface area contributed by atoms with Crippen LogP contribution in [0.25, 0.3) is 0 Å². The molecule has 0 bridgehead atoms. The van der Waals surface area contributed by atoms with Crippen LogP contribution in [0.5, 0.6) is 11.5 Å². The molecule has 0 fully saturated rings. The van der Waals surface area contributed by atoms with E-state index in [0.29, 0.717) is 24.3 Å². The standard InChI is InChI=1S/C19H19BrN2O4/c1-22(11-18(23)21-15-5-3-2-4-14(15)20)19(24)9-7-13-6-8-16-17(10-13)26-12-25-16/h2-6,8,10H,7,9,11-12H2,1H3,(H,21,23). The summed E-state index contributed by atoms with van der Waals surface area (Å²) in [6.07, 6.45) is 0.893. The molecule has 0 spiro atoms. The molecular weight excluding hydrogens is 400 g/mol. The predicted octanol–water partition coefficient (Wildman–Crippen LogP) is 3.21. The van der Waals surface area contributed by atoms with Crippen LogP contribution < -0.4 is 14.8 Å². The van der Waals surface area contributed by atoms with Crippen molar-refractivity contribution in [3.8, 4) is 11.5 Å². The van der Waals surface area contributed by atoms with Gasteiger partial charge in [-0.15, -0.1) is 0 Å². The summed E-state index contributed by atoms with van der Waals surface area (Å²) in [6.45, 7) is 0.231. The number of likely N-dealkylation sites (N-methyl/N-ethyl adjacent to an activating group) is 1. The summed E-state index contributed by atoms with van der Waals surface area (Å²) in [7, 11) is 1.63. The van der Waals surface area contributed by atoms with Crippen LogP contribution in [0, 0.1) is 0 Å². The Morgan fingerprint density at radius 3 is 2.73 bits per heavy atom. The number of halogens is 1. The topological polar surface area (TPSA) is 67.9 Å². The van der Waals surface area contributed by atoms with Crippen molar-refractivity contribution in [1.29, 1.82) is 0 Å². The third-order valence-electron chi connectivity index (χ3n) is 4.02. The summed E-state index contributed by atoms with van der Waals surface area (Å²) < 4.78 is 11.4. The van der Waals surface area contributed by atoms with E-state index in [0.717, 1.165) is 15.8 Å². The Kier molecular flexibility index (Phi) is 5.78. The van der Waals surface area contributed by atoms with E-state index in [1.54, 1.807) is 13.1 Å². The molecular formula is C19H19BrN2O4. The second kappa shape index (κ2) is 8.23. The highest BCUT2D eigenvalue weighted by Crippen LogP contribution is 2.32. The normalized spacial score (nSPS) is 11.9. The van der Waals surface area contributed by atoms with Crippen molar-refractivity contribution in [3.63, 3.8) is 0 Å². The lowest BCUT2D eigenvalue weighted by Gasteiger charge is -2.17. The lowest BCUT2D eigenvalue weighted by molar-refractivity contribution is -0.133. The predicted molar refractivity (Wildman–Crippen MR) is 101 cm³/mol. The summed E-state index contributed by atoms with van der Waals surface area (Å²) in [5, 5.41) is 2.79. The minimum atomic E-state index is -0.240. The van der Waals surface area contributed by atoms with Gasteiger partial charge in [-0.05, 0) is 52.2 Å². The average molecular weight is 419 g/mol. The molecule has 1 heterocycles. The van der Waals surface area contributed by atoms with Crippen LogP contribution in [-0.4, -0.2) is 37.1 Å². The third-order valence-corrected chi connectivity index (χ3v) is 4.71. The number of nitrogens with one attached hydrogen (secondary N) is 1. The number of carbonyl (C=O) groups excluding carboxylic acids is 2. The summed E-state index contributed by atoms with van der Waals surface area (Å²) in [6, 6.07) is 13.0. The number of benzene rings is 2. The Hall–Kier alpha value is -2.54. The Bertz CT molecular complexity index is 825. The maximum Gasteiger partial charge on any atom is 0.244 e. The molecule has 0 radical (unpaired) electrons. The molecule has 0 saturated carbocycles. The van der Waals surface area contributed by atoms with E-state index in [2.05, 4.69) is 21.2 Å². The summed E-state index contributed by atoms with van der Waals surface area (Å²) in [4.78, 5) is 25.8. The quantitative estimate of drug-likeness (QED) is 0.781. The lowest BCUT2D eigenvalue weighted by atomic mass is 10.1. The first-order chi connectivity index (χ1) is 12.5. The fraction of sp³-hybridized carbons (Fsp3) is 0.263. The van der Waals surface area contributed by atoms with Gasteiger partial charge in [0, 0.05) is 17.9 Å². The monoisotopic (exact) mass is 418 g/mol. The van der Waals surface area contributed by atoms with Crippen LogP contribution in [0.15, 0.2) is 46.9 Å². The molecule has 7 heteroatoms. The van der Waals surface area contributed by atoms with E-state index in [1.807, 2.05) is 36.4 Å². The fourth-order valence-electron chi connectivity index (χ4n) is 2.59. The highest BCUT2D eigenvalue weighted by molar-refractivity contribution is 9.10. The molecule has 0 aliphatic carbocycles. The molecule has 6 nitrogen and oxygen atoms in total. The summed E-state index contributed by atoms with van der Waals surface area (Å²) in [5.41, 5.74) is 1.67. The zero-order valence-electron chi connectivity index (χ0n) is 14.3. The van der Waals surface area contributed by atoms with Gasteiger partial charge in [-0.1, -0.05) is 18.2 Å². The van der Waals surface area contributed by atoms with Crippen LogP contribution in [0.4, 0.5) is 5.69 Å². The van der Waals surface area contributed by atoms with Crippen molar-refractivity contribution in [2.75, 3.05) is 25.7 Å². The third kappa shape index (κ3) is 4.54. The molecule has 0 atom stereocenters. The Labute approximate surface area is 160 Å². The first kappa shape index (κ1) is 18.3. The minimum absolute atomic E-state index is 0.00130. The molecule has 0 aromatic heterocycles. The molecule has 2 aromatic carbocycles. The van der Waals surface area contributed by atoms with Gasteiger partial charge in [-0.3, -0.25) is 9.59 Å². The van der Waals surface area contributed by atoms with E-state index < -0.39 is 0 Å². The number of ether oxygens (including phenoxy) is 2. The first-order valence-corrected chi connectivity index (χ1v) is 8.99. The van der Waals surface area contributed by atoms with Crippen LogP contribution in [0.3, 0.4) is 0 Å². The van der Waals surface area contributed by atoms with Gasteiger partial charge in [0.2, 0.25) is 18.6 Å². The van der Waals surface area contributed by atoms with Crippen molar-refractivity contribution in [1.82, 2.24) is 4.90 Å². The smallest absolute Gasteiger partial charge is 0.244 e. The Morgan fingerprint density at radius 1 is 1.15 bits per heavy atom. The number of fused-ring (bicyclic) bond motifs is 1. The maximum atomic E-state index is 12.3. The molecule has 3 rings (SSSR count). The van der Waals surface area contributed by atoms with Gasteiger partial charge in [-0.25, -0.2) is 0 Å². The molecule has 1 aliphatic heterocycles. The molecule has 0 saturated heterocycles. The summed E-state index contributed by atoms with van der Waals surface area (Å²) >= 11 is 3.38. The van der Waals surface area contributed by atoms with E-state index in [4.69, 9.17) is 9.47 Å². The largest absolute Gasteiger partial charge is 0.454 e. The van der Waals surface area contributed by atoms with E-state index in [-0.39, 0.29) is 25.2 Å². The number of anilines is 1. The van der Waals surface area contributed by atoms with Crippen molar-refractivity contribution in [2.45, 2.75) is 12.8 Å². The molecule has 2 aromatic rings. The number of carbonyl (C=O) groups is 2. The molecule has 2 amide bonds. The zero-order valence-corrected chi connectivity index (χ0v) is 15.9. The van der Waals surface area contributed by atoms with Crippen LogP contribution in [0.1, 0.15) is 12.0 Å². The number of hydrogen-bond acceptors (Lipinski definition) is 4. The zero-order chi connectivity index (χ0) is 18.5. The molecule has 26 heavy (non-hydrogen) atoms. The lowest BCUT2D eigenvalue weighted by Crippen LogP contribution is -2.35. The number of nitrogens with zero attached hydrogens (tertiary/aromatic N) is 1. The number of hydrogen-bond donors (Lipinski definition) is 1. The van der Waals surface area contributed by atoms with Crippen molar-refractivity contribution >= 4 is 33.4 Å². The highest BCUT2D eigenvalue weighted by Gasteiger charge is 2.16. The van der Waals surface area contributed by atoms with E-state index in [9.17, 15) is 9.59 Å². The van der Waals surface area contributed by atoms with Gasteiger partial charge in [-0.2, -0.15) is 0 Å². The number of rotatable bonds is 6. The van der Waals surface area contributed by atoms with E-state index in [1.165, 1.54) is 4.90 Å². The van der Waals surface area contributed by atoms with Crippen LogP contribution >= 0.6 is 15.9 Å². The van der Waals surface area contributed by atoms with Gasteiger partial charge in [0.1, 0.15) is 0 Å². The highest BCUT2D eigenvalue weighted by atomic mass is 79.9.